The fraction of sp³-hybridized carbons (Fsp3) is 0.600. The molecule has 2 atom stereocenters. The molecule has 5 heterocycles. The average molecular weight is 649 g/mol. The molecule has 42 heavy (non-hydrogen) atoms. The number of nitrogens with zero attached hydrogens (tertiary/aromatic N) is 3. The molecule has 1 aromatic carbocycles. The number of halogens is 2. The van der Waals surface area contributed by atoms with E-state index in [9.17, 15) is 18.5 Å². The molecular formula is C25H35ClFN4O9PSi. The molecule has 4 aliphatic heterocycles. The molecule has 1 unspecified atom stereocenters. The molecule has 0 aliphatic carbocycles. The van der Waals surface area contributed by atoms with E-state index in [1.807, 2.05) is 0 Å². The van der Waals surface area contributed by atoms with E-state index in [1.165, 1.54) is 12.1 Å². The van der Waals surface area contributed by atoms with Gasteiger partial charge in [-0.05, 0) is 43.5 Å². The van der Waals surface area contributed by atoms with E-state index >= 15 is 0 Å². The lowest BCUT2D eigenvalue weighted by atomic mass is 10.3. The first-order valence-electron chi connectivity index (χ1n) is 14.0. The van der Waals surface area contributed by atoms with E-state index in [1.54, 1.807) is 12.1 Å². The lowest BCUT2D eigenvalue weighted by Gasteiger charge is -2.38. The first-order valence-corrected chi connectivity index (χ1v) is 17.8. The highest BCUT2D eigenvalue weighted by Gasteiger charge is 2.43. The van der Waals surface area contributed by atoms with Crippen molar-refractivity contribution in [2.75, 3.05) is 59.2 Å². The fourth-order valence-corrected chi connectivity index (χ4v) is 8.94. The third-order valence-corrected chi connectivity index (χ3v) is 11.9. The largest absolute Gasteiger partial charge is 0.501 e. The van der Waals surface area contributed by atoms with Crippen molar-refractivity contribution in [3.8, 4) is 5.75 Å². The van der Waals surface area contributed by atoms with E-state index in [0.717, 1.165) is 30.4 Å². The van der Waals surface area contributed by atoms with Gasteiger partial charge in [0, 0.05) is 43.9 Å². The summed E-state index contributed by atoms with van der Waals surface area (Å²) in [6, 6.07) is 6.71. The Kier molecular flexibility index (Phi) is 10.7. The standard InChI is InChI=1S/C25H35ClFN4O9PSi/c26-20-4-6-21(7-5-20)40-41(34,28-8-2-18-42-37-15-9-29(10-16-38-42)11-17-39-42)36-14-12-30-24(32)22(27)19-31(25(30)33)23-3-1-13-35-23/h4-7,19,23H,1-3,8-18H2,(H,28,34)/t23-,41?/m1/s1. The van der Waals surface area contributed by atoms with Gasteiger partial charge in [-0.1, -0.05) is 11.6 Å². The van der Waals surface area contributed by atoms with Crippen LogP contribution in [0.2, 0.25) is 11.1 Å². The van der Waals surface area contributed by atoms with Gasteiger partial charge in [-0.15, -0.1) is 0 Å². The lowest BCUT2D eigenvalue weighted by molar-refractivity contribution is -0.00848. The van der Waals surface area contributed by atoms with Crippen molar-refractivity contribution < 1.29 is 36.0 Å². The molecule has 13 nitrogen and oxygen atoms in total. The van der Waals surface area contributed by atoms with Gasteiger partial charge in [0.2, 0.25) is 5.82 Å². The summed E-state index contributed by atoms with van der Waals surface area (Å²) < 4.78 is 64.9. The SMILES string of the molecule is O=c1c(F)cn([C@H]2CCCO2)c(=O)n1CCOP(=O)(NCCC[Si]12OCCN(CCO1)CCO2)Oc1ccc(Cl)cc1. The van der Waals surface area contributed by atoms with E-state index in [0.29, 0.717) is 61.3 Å². The molecule has 6 rings (SSSR count). The van der Waals surface area contributed by atoms with Gasteiger partial charge in [-0.25, -0.2) is 14.4 Å². The van der Waals surface area contributed by atoms with Crippen molar-refractivity contribution in [1.82, 2.24) is 19.1 Å². The number of nitrogens with one attached hydrogen (secondary N) is 1. The molecular weight excluding hydrogens is 614 g/mol. The molecule has 0 amide bonds. The Balaban J connectivity index is 1.24. The Morgan fingerprint density at radius 2 is 1.76 bits per heavy atom. The van der Waals surface area contributed by atoms with Crippen LogP contribution in [0.1, 0.15) is 25.5 Å². The van der Waals surface area contributed by atoms with Crippen LogP contribution in [0.3, 0.4) is 0 Å². The van der Waals surface area contributed by atoms with Gasteiger partial charge in [0.15, 0.2) is 0 Å². The summed E-state index contributed by atoms with van der Waals surface area (Å²) in [4.78, 5) is 27.6. The predicted octanol–water partition coefficient (Wildman–Crippen LogP) is 2.61. The monoisotopic (exact) mass is 648 g/mol. The average Bonchev–Trinajstić information content (AvgIpc) is 3.47. The summed E-state index contributed by atoms with van der Waals surface area (Å²) in [6.07, 6.45) is 1.92. The third kappa shape index (κ3) is 7.97. The van der Waals surface area contributed by atoms with Gasteiger partial charge in [-0.2, -0.15) is 4.39 Å². The minimum absolute atomic E-state index is 0.202. The molecule has 232 valence electrons. The second-order valence-electron chi connectivity index (χ2n) is 10.0. The fourth-order valence-electron chi connectivity index (χ4n) is 4.95. The third-order valence-electron chi connectivity index (χ3n) is 7.14. The van der Waals surface area contributed by atoms with E-state index < -0.39 is 39.8 Å². The molecule has 1 N–H and O–H groups in total. The summed E-state index contributed by atoms with van der Waals surface area (Å²) in [7, 11) is -6.91. The lowest BCUT2D eigenvalue weighted by Crippen LogP contribution is -2.55. The van der Waals surface area contributed by atoms with Crippen LogP contribution in [-0.2, 0) is 33.6 Å². The van der Waals surface area contributed by atoms with Crippen LogP contribution in [0.4, 0.5) is 4.39 Å². The second-order valence-corrected chi connectivity index (χ2v) is 15.0. The topological polar surface area (TPSA) is 132 Å². The number of fused-ring (bicyclic) bond motifs is 6. The molecule has 2 bridgehead atoms. The molecule has 0 radical (unpaired) electrons. The van der Waals surface area contributed by atoms with E-state index in [-0.39, 0.29) is 25.4 Å². The molecule has 2 aromatic rings. The Hall–Kier alpha value is -1.91. The first-order chi connectivity index (χ1) is 20.3. The van der Waals surface area contributed by atoms with Crippen LogP contribution < -0.4 is 20.9 Å². The minimum Gasteiger partial charge on any atom is -0.413 e. The molecule has 4 aliphatic rings. The summed E-state index contributed by atoms with van der Waals surface area (Å²) in [6.45, 7) is 3.93. The molecule has 4 saturated heterocycles. The summed E-state index contributed by atoms with van der Waals surface area (Å²) in [5.41, 5.74) is -1.85. The quantitative estimate of drug-likeness (QED) is 0.207. The Bertz CT molecular complexity index is 1350. The van der Waals surface area contributed by atoms with Crippen LogP contribution in [-0.4, -0.2) is 82.1 Å². The highest BCUT2D eigenvalue weighted by molar-refractivity contribution is 7.52. The molecule has 4 fully saturated rings. The zero-order chi connectivity index (χ0) is 29.6. The Morgan fingerprint density at radius 3 is 2.40 bits per heavy atom. The number of aromatic nitrogens is 2. The number of benzene rings is 1. The maximum Gasteiger partial charge on any atom is 0.501 e. The second kappa shape index (κ2) is 14.2. The van der Waals surface area contributed by atoms with Crippen LogP contribution >= 0.6 is 19.3 Å². The Labute approximate surface area is 248 Å². The van der Waals surface area contributed by atoms with Crippen molar-refractivity contribution in [2.45, 2.75) is 38.1 Å². The van der Waals surface area contributed by atoms with Crippen molar-refractivity contribution >= 4 is 28.2 Å². The van der Waals surface area contributed by atoms with Gasteiger partial charge >= 0.3 is 22.2 Å². The van der Waals surface area contributed by atoms with Gasteiger partial charge in [0.25, 0.3) is 5.56 Å². The highest BCUT2D eigenvalue weighted by Crippen LogP contribution is 2.44. The van der Waals surface area contributed by atoms with Crippen molar-refractivity contribution in [3.63, 3.8) is 0 Å². The first kappa shape index (κ1) is 31.5. The summed E-state index contributed by atoms with van der Waals surface area (Å²) in [5, 5.41) is 3.30. The number of hydrogen-bond acceptors (Lipinski definition) is 10. The Morgan fingerprint density at radius 1 is 1.07 bits per heavy atom. The van der Waals surface area contributed by atoms with Crippen LogP contribution in [0.15, 0.2) is 40.1 Å². The van der Waals surface area contributed by atoms with Gasteiger partial charge < -0.3 is 22.5 Å². The number of rotatable bonds is 12. The number of hydrogen-bond donors (Lipinski definition) is 1. The highest BCUT2D eigenvalue weighted by atomic mass is 35.5. The molecule has 17 heteroatoms. The van der Waals surface area contributed by atoms with Crippen molar-refractivity contribution in [2.24, 2.45) is 0 Å². The molecule has 0 spiro atoms. The van der Waals surface area contributed by atoms with Crippen LogP contribution in [0.25, 0.3) is 0 Å². The normalized spacial score (nSPS) is 25.9. The zero-order valence-electron chi connectivity index (χ0n) is 23.1. The molecule has 0 saturated carbocycles. The van der Waals surface area contributed by atoms with Crippen molar-refractivity contribution in [1.29, 1.82) is 0 Å². The summed E-state index contributed by atoms with van der Waals surface area (Å²) in [5.74, 6) is -0.874. The maximum absolute atomic E-state index is 14.4. The van der Waals surface area contributed by atoms with Gasteiger partial charge in [0.05, 0.1) is 39.2 Å². The zero-order valence-corrected chi connectivity index (χ0v) is 25.7. The van der Waals surface area contributed by atoms with Crippen LogP contribution in [0, 0.1) is 5.82 Å². The minimum atomic E-state index is -4.03. The van der Waals surface area contributed by atoms with Crippen LogP contribution in [0.5, 0.6) is 5.75 Å². The maximum atomic E-state index is 14.4. The van der Waals surface area contributed by atoms with Crippen molar-refractivity contribution in [3.05, 3.63) is 62.1 Å². The summed E-state index contributed by atoms with van der Waals surface area (Å²) >= 11 is 5.97. The van der Waals surface area contributed by atoms with E-state index in [2.05, 4.69) is 9.99 Å². The van der Waals surface area contributed by atoms with Gasteiger partial charge in [-0.3, -0.25) is 23.4 Å². The number of ether oxygens (including phenoxy) is 1. The van der Waals surface area contributed by atoms with Gasteiger partial charge in [0.1, 0.15) is 12.0 Å². The predicted molar refractivity (Wildman–Crippen MR) is 152 cm³/mol. The molecule has 1 aromatic heterocycles. The smallest absolute Gasteiger partial charge is 0.413 e. The van der Waals surface area contributed by atoms with E-state index in [4.69, 9.17) is 38.7 Å².